The van der Waals surface area contributed by atoms with Crippen LogP contribution in [-0.4, -0.2) is 27.5 Å². The molecule has 1 aromatic heterocycles. The van der Waals surface area contributed by atoms with Crippen LogP contribution >= 0.6 is 11.8 Å². The van der Waals surface area contributed by atoms with E-state index >= 15 is 0 Å². The van der Waals surface area contributed by atoms with Gasteiger partial charge >= 0.3 is 6.18 Å². The van der Waals surface area contributed by atoms with Gasteiger partial charge in [0.15, 0.2) is 0 Å². The first-order chi connectivity index (χ1) is 12.8. The molecule has 2 aromatic carbocycles. The molecule has 0 radical (unpaired) electrons. The van der Waals surface area contributed by atoms with Crippen LogP contribution in [0, 0.1) is 0 Å². The number of para-hydroxylation sites is 1. The molecule has 27 heavy (non-hydrogen) atoms. The molecule has 3 aromatic rings. The number of amides is 2. The largest absolute Gasteiger partial charge is 0.451 e. The predicted octanol–water partition coefficient (Wildman–Crippen LogP) is 3.70. The number of thioether (sulfide) groups is 1. The zero-order valence-electron chi connectivity index (χ0n) is 13.7. The molecule has 0 spiro atoms. The van der Waals surface area contributed by atoms with Gasteiger partial charge in [0.2, 0.25) is 11.7 Å². The fraction of sp³-hybridized carbons (Fsp3) is 0.111. The lowest BCUT2D eigenvalue weighted by atomic mass is 10.2. The lowest BCUT2D eigenvalue weighted by molar-refractivity contribution is -0.145. The number of benzene rings is 2. The molecule has 0 saturated heterocycles. The standard InChI is InChI=1S/C18H12F3N3O2S/c19-18(20,21)17-22-13-9-5-4-8-12(13)16(24-17)27-10-14(25)23-15(26)11-6-2-1-3-7-11/h1-9H,10H2,(H,23,25,26). The molecular formula is C18H12F3N3O2S. The van der Waals surface area contributed by atoms with Crippen LogP contribution < -0.4 is 5.32 Å². The highest BCUT2D eigenvalue weighted by molar-refractivity contribution is 8.00. The van der Waals surface area contributed by atoms with Gasteiger partial charge in [-0.05, 0) is 18.2 Å². The molecule has 0 aliphatic rings. The van der Waals surface area contributed by atoms with Crippen LogP contribution in [0.4, 0.5) is 13.2 Å². The second kappa shape index (κ2) is 7.75. The van der Waals surface area contributed by atoms with Crippen LogP contribution in [0.5, 0.6) is 0 Å². The van der Waals surface area contributed by atoms with Crippen LogP contribution in [0.3, 0.4) is 0 Å². The normalized spacial score (nSPS) is 11.4. The molecule has 9 heteroatoms. The van der Waals surface area contributed by atoms with E-state index in [1.807, 2.05) is 0 Å². The number of nitrogens with one attached hydrogen (secondary N) is 1. The molecule has 0 fully saturated rings. The van der Waals surface area contributed by atoms with Gasteiger partial charge in [-0.3, -0.25) is 14.9 Å². The lowest BCUT2D eigenvalue weighted by Gasteiger charge is -2.10. The molecule has 1 N–H and O–H groups in total. The molecule has 0 unspecified atom stereocenters. The first-order valence-electron chi connectivity index (χ1n) is 7.70. The number of hydrogen-bond donors (Lipinski definition) is 1. The number of hydrogen-bond acceptors (Lipinski definition) is 5. The highest BCUT2D eigenvalue weighted by Gasteiger charge is 2.35. The lowest BCUT2D eigenvalue weighted by Crippen LogP contribution is -2.31. The van der Waals surface area contributed by atoms with E-state index in [1.54, 1.807) is 48.5 Å². The van der Waals surface area contributed by atoms with Gasteiger partial charge in [0, 0.05) is 10.9 Å². The van der Waals surface area contributed by atoms with Gasteiger partial charge < -0.3 is 0 Å². The molecule has 0 aliphatic heterocycles. The van der Waals surface area contributed by atoms with Gasteiger partial charge in [-0.25, -0.2) is 9.97 Å². The fourth-order valence-corrected chi connectivity index (χ4v) is 3.06. The third kappa shape index (κ3) is 4.62. The van der Waals surface area contributed by atoms with Crippen molar-refractivity contribution in [2.45, 2.75) is 11.2 Å². The molecule has 0 atom stereocenters. The quantitative estimate of drug-likeness (QED) is 0.542. The number of nitrogens with zero attached hydrogens (tertiary/aromatic N) is 2. The van der Waals surface area contributed by atoms with E-state index in [-0.39, 0.29) is 16.3 Å². The second-order valence-corrected chi connectivity index (χ2v) is 6.36. The van der Waals surface area contributed by atoms with Crippen molar-refractivity contribution in [2.24, 2.45) is 0 Å². The van der Waals surface area contributed by atoms with Gasteiger partial charge in [0.25, 0.3) is 5.91 Å². The first-order valence-corrected chi connectivity index (χ1v) is 8.69. The Morgan fingerprint density at radius 3 is 2.33 bits per heavy atom. The van der Waals surface area contributed by atoms with Crippen molar-refractivity contribution >= 4 is 34.5 Å². The molecule has 0 saturated carbocycles. The zero-order valence-corrected chi connectivity index (χ0v) is 14.5. The highest BCUT2D eigenvalue weighted by Crippen LogP contribution is 2.31. The minimum Gasteiger partial charge on any atom is -0.292 e. The summed E-state index contributed by atoms with van der Waals surface area (Å²) in [4.78, 5) is 31.0. The summed E-state index contributed by atoms with van der Waals surface area (Å²) in [6.45, 7) is 0. The Bertz CT molecular complexity index is 994. The first kappa shape index (κ1) is 18.8. The second-order valence-electron chi connectivity index (χ2n) is 5.40. The van der Waals surface area contributed by atoms with Crippen molar-refractivity contribution in [2.75, 3.05) is 5.75 Å². The van der Waals surface area contributed by atoms with Crippen molar-refractivity contribution in [1.82, 2.24) is 15.3 Å². The van der Waals surface area contributed by atoms with Crippen LogP contribution in [0.2, 0.25) is 0 Å². The van der Waals surface area contributed by atoms with Crippen LogP contribution in [0.15, 0.2) is 59.6 Å². The average Bonchev–Trinajstić information content (AvgIpc) is 2.65. The minimum atomic E-state index is -4.70. The molecule has 0 bridgehead atoms. The highest BCUT2D eigenvalue weighted by atomic mass is 32.2. The van der Waals surface area contributed by atoms with Gasteiger partial charge in [-0.15, -0.1) is 0 Å². The Hall–Kier alpha value is -2.94. The smallest absolute Gasteiger partial charge is 0.292 e. The monoisotopic (exact) mass is 391 g/mol. The summed E-state index contributed by atoms with van der Waals surface area (Å²) in [5, 5.41) is 2.62. The number of carbonyl (C=O) groups is 2. The Balaban J connectivity index is 1.76. The van der Waals surface area contributed by atoms with Gasteiger partial charge in [-0.1, -0.05) is 48.2 Å². The van der Waals surface area contributed by atoms with Crippen LogP contribution in [-0.2, 0) is 11.0 Å². The number of carbonyl (C=O) groups excluding carboxylic acids is 2. The molecule has 2 amide bonds. The van der Waals surface area contributed by atoms with Crippen LogP contribution in [0.1, 0.15) is 16.2 Å². The van der Waals surface area contributed by atoms with Crippen molar-refractivity contribution in [3.8, 4) is 0 Å². The van der Waals surface area contributed by atoms with Gasteiger partial charge in [0.05, 0.1) is 11.3 Å². The van der Waals surface area contributed by atoms with Crippen molar-refractivity contribution in [1.29, 1.82) is 0 Å². The Labute approximate surface area is 156 Å². The van der Waals surface area contributed by atoms with E-state index in [0.29, 0.717) is 10.9 Å². The summed E-state index contributed by atoms with van der Waals surface area (Å²) < 4.78 is 39.0. The number of aromatic nitrogens is 2. The van der Waals surface area contributed by atoms with Crippen LogP contribution in [0.25, 0.3) is 10.9 Å². The number of fused-ring (bicyclic) bond motifs is 1. The number of rotatable bonds is 4. The number of imide groups is 1. The van der Waals surface area contributed by atoms with Gasteiger partial charge in [0.1, 0.15) is 5.03 Å². The predicted molar refractivity (Wildman–Crippen MR) is 94.2 cm³/mol. The maximum atomic E-state index is 13.0. The summed E-state index contributed by atoms with van der Waals surface area (Å²) in [6.07, 6.45) is -4.70. The summed E-state index contributed by atoms with van der Waals surface area (Å²) in [7, 11) is 0. The van der Waals surface area contributed by atoms with E-state index in [1.165, 1.54) is 6.07 Å². The molecule has 138 valence electrons. The van der Waals surface area contributed by atoms with E-state index in [9.17, 15) is 22.8 Å². The van der Waals surface area contributed by atoms with Gasteiger partial charge in [-0.2, -0.15) is 13.2 Å². The molecular weight excluding hydrogens is 379 g/mol. The van der Waals surface area contributed by atoms with E-state index in [2.05, 4.69) is 15.3 Å². The third-order valence-corrected chi connectivity index (χ3v) is 4.44. The SMILES string of the molecule is O=C(CSc1nc(C(F)(F)F)nc2ccccc12)NC(=O)c1ccccc1. The minimum absolute atomic E-state index is 0.0234. The maximum absolute atomic E-state index is 13.0. The molecule has 5 nitrogen and oxygen atoms in total. The average molecular weight is 391 g/mol. The van der Waals surface area contributed by atoms with Crippen molar-refractivity contribution in [3.63, 3.8) is 0 Å². The van der Waals surface area contributed by atoms with E-state index < -0.39 is 23.8 Å². The van der Waals surface area contributed by atoms with E-state index in [4.69, 9.17) is 0 Å². The van der Waals surface area contributed by atoms with E-state index in [0.717, 1.165) is 11.8 Å². The third-order valence-electron chi connectivity index (χ3n) is 3.45. The summed E-state index contributed by atoms with van der Waals surface area (Å²) in [5.74, 6) is -2.75. The Morgan fingerprint density at radius 2 is 1.63 bits per heavy atom. The number of alkyl halides is 3. The summed E-state index contributed by atoms with van der Waals surface area (Å²) in [6, 6.07) is 14.3. The molecule has 1 heterocycles. The Morgan fingerprint density at radius 1 is 0.963 bits per heavy atom. The maximum Gasteiger partial charge on any atom is 0.451 e. The Kier molecular flexibility index (Phi) is 5.41. The molecule has 3 rings (SSSR count). The summed E-state index contributed by atoms with van der Waals surface area (Å²) in [5.41, 5.74) is 0.436. The fourth-order valence-electron chi connectivity index (χ4n) is 2.24. The topological polar surface area (TPSA) is 72.0 Å². The summed E-state index contributed by atoms with van der Waals surface area (Å²) >= 11 is 0.810. The van der Waals surface area contributed by atoms with Crippen molar-refractivity contribution in [3.05, 3.63) is 66.0 Å². The molecule has 0 aliphatic carbocycles. The number of halogens is 3. The van der Waals surface area contributed by atoms with Crippen molar-refractivity contribution < 1.29 is 22.8 Å². The zero-order chi connectivity index (χ0) is 19.4.